The fourth-order valence-corrected chi connectivity index (χ4v) is 1.24. The lowest BCUT2D eigenvalue weighted by Gasteiger charge is -2.09. The number of carboxylic acids is 1. The van der Waals surface area contributed by atoms with Crippen LogP contribution in [0.5, 0.6) is 0 Å². The molecule has 1 aromatic rings. The summed E-state index contributed by atoms with van der Waals surface area (Å²) in [6.07, 6.45) is 2.84. The second-order valence-electron chi connectivity index (χ2n) is 2.60. The molecule has 0 aromatic carbocycles. The summed E-state index contributed by atoms with van der Waals surface area (Å²) in [5.41, 5.74) is 6.21. The fraction of sp³-hybridized carbons (Fsp3) is 0.250. The Morgan fingerprint density at radius 3 is 3.00 bits per heavy atom. The quantitative estimate of drug-likeness (QED) is 0.769. The number of carbonyl (C=O) groups is 1. The molecule has 0 bridgehead atoms. The fourth-order valence-electron chi connectivity index (χ4n) is 0.985. The van der Waals surface area contributed by atoms with E-state index in [0.29, 0.717) is 10.6 Å². The summed E-state index contributed by atoms with van der Waals surface area (Å²) >= 11 is 5.77. The summed E-state index contributed by atoms with van der Waals surface area (Å²) < 4.78 is 0. The predicted octanol–water partition coefficient (Wildman–Crippen LogP) is 1.21. The molecule has 0 aliphatic carbocycles. The molecule has 1 rings (SSSR count). The monoisotopic (exact) mass is 200 g/mol. The maximum atomic E-state index is 10.4. The number of pyridine rings is 1. The van der Waals surface area contributed by atoms with Crippen LogP contribution in [0.2, 0.25) is 5.02 Å². The van der Waals surface area contributed by atoms with Gasteiger partial charge >= 0.3 is 5.97 Å². The highest BCUT2D eigenvalue weighted by molar-refractivity contribution is 6.31. The summed E-state index contributed by atoms with van der Waals surface area (Å²) in [6, 6.07) is 1.05. The van der Waals surface area contributed by atoms with E-state index in [1.165, 1.54) is 12.4 Å². The molecule has 0 unspecified atom stereocenters. The summed E-state index contributed by atoms with van der Waals surface area (Å²) in [4.78, 5) is 14.1. The molecule has 0 saturated carbocycles. The summed E-state index contributed by atoms with van der Waals surface area (Å²) in [7, 11) is 0. The first-order valence-corrected chi connectivity index (χ1v) is 4.06. The molecular weight excluding hydrogens is 192 g/mol. The van der Waals surface area contributed by atoms with Crippen LogP contribution in [0.15, 0.2) is 18.5 Å². The van der Waals surface area contributed by atoms with Crippen molar-refractivity contribution in [2.24, 2.45) is 5.73 Å². The Balaban J connectivity index is 2.82. The number of halogens is 1. The van der Waals surface area contributed by atoms with E-state index < -0.39 is 12.0 Å². The lowest BCUT2D eigenvalue weighted by atomic mass is 10.1. The number of nitrogens with zero attached hydrogens (tertiary/aromatic N) is 1. The second-order valence-corrected chi connectivity index (χ2v) is 3.01. The number of hydrogen-bond donors (Lipinski definition) is 2. The molecule has 5 heteroatoms. The molecule has 0 saturated heterocycles. The van der Waals surface area contributed by atoms with Crippen LogP contribution in [0.25, 0.3) is 0 Å². The van der Waals surface area contributed by atoms with Gasteiger partial charge in [-0.2, -0.15) is 0 Å². The SMILES string of the molecule is N[C@@H](CC(=O)O)c1ccncc1Cl. The topological polar surface area (TPSA) is 76.2 Å². The van der Waals surface area contributed by atoms with Gasteiger partial charge in [0.2, 0.25) is 0 Å². The van der Waals surface area contributed by atoms with Crippen LogP contribution >= 0.6 is 11.6 Å². The summed E-state index contributed by atoms with van der Waals surface area (Å²) in [5, 5.41) is 8.90. The zero-order valence-corrected chi connectivity index (χ0v) is 7.53. The van der Waals surface area contributed by atoms with Gasteiger partial charge in [0.1, 0.15) is 0 Å². The molecule has 70 valence electrons. The normalized spacial score (nSPS) is 12.5. The average molecular weight is 201 g/mol. The van der Waals surface area contributed by atoms with Crippen molar-refractivity contribution in [2.45, 2.75) is 12.5 Å². The zero-order valence-electron chi connectivity index (χ0n) is 6.77. The Bertz CT molecular complexity index is 317. The van der Waals surface area contributed by atoms with E-state index in [1.807, 2.05) is 0 Å². The van der Waals surface area contributed by atoms with Gasteiger partial charge in [-0.15, -0.1) is 0 Å². The van der Waals surface area contributed by atoms with E-state index in [0.717, 1.165) is 0 Å². The van der Waals surface area contributed by atoms with E-state index in [4.69, 9.17) is 22.4 Å². The van der Waals surface area contributed by atoms with Crippen molar-refractivity contribution in [3.63, 3.8) is 0 Å². The Morgan fingerprint density at radius 2 is 2.46 bits per heavy atom. The third-order valence-electron chi connectivity index (χ3n) is 1.60. The van der Waals surface area contributed by atoms with Crippen LogP contribution < -0.4 is 5.73 Å². The van der Waals surface area contributed by atoms with Gasteiger partial charge in [-0.25, -0.2) is 0 Å². The average Bonchev–Trinajstić information content (AvgIpc) is 2.03. The van der Waals surface area contributed by atoms with E-state index in [-0.39, 0.29) is 6.42 Å². The van der Waals surface area contributed by atoms with Crippen molar-refractivity contribution in [3.05, 3.63) is 29.0 Å². The van der Waals surface area contributed by atoms with Crippen LogP contribution in [-0.4, -0.2) is 16.1 Å². The van der Waals surface area contributed by atoms with Crippen LogP contribution in [0.4, 0.5) is 0 Å². The van der Waals surface area contributed by atoms with Gasteiger partial charge in [0, 0.05) is 18.4 Å². The van der Waals surface area contributed by atoms with Crippen LogP contribution in [0.3, 0.4) is 0 Å². The second kappa shape index (κ2) is 4.20. The summed E-state index contributed by atoms with van der Waals surface area (Å²) in [5.74, 6) is -0.944. The number of aromatic nitrogens is 1. The van der Waals surface area contributed by atoms with Gasteiger partial charge in [-0.3, -0.25) is 9.78 Å². The summed E-state index contributed by atoms with van der Waals surface area (Å²) in [6.45, 7) is 0. The van der Waals surface area contributed by atoms with Gasteiger partial charge in [0.25, 0.3) is 0 Å². The highest BCUT2D eigenvalue weighted by Gasteiger charge is 2.13. The van der Waals surface area contributed by atoms with Crippen LogP contribution in [0.1, 0.15) is 18.0 Å². The minimum Gasteiger partial charge on any atom is -0.481 e. The number of aliphatic carboxylic acids is 1. The maximum Gasteiger partial charge on any atom is 0.305 e. The molecule has 3 N–H and O–H groups in total. The first-order chi connectivity index (χ1) is 6.11. The number of nitrogens with two attached hydrogens (primary N) is 1. The molecule has 0 spiro atoms. The van der Waals surface area contributed by atoms with E-state index in [9.17, 15) is 4.79 Å². The molecule has 13 heavy (non-hydrogen) atoms. The zero-order chi connectivity index (χ0) is 9.84. The standard InChI is InChI=1S/C8H9ClN2O2/c9-6-4-11-2-1-5(6)7(10)3-8(12)13/h1-2,4,7H,3,10H2,(H,12,13)/t7-/m0/s1. The van der Waals surface area contributed by atoms with Crippen molar-refractivity contribution in [3.8, 4) is 0 Å². The molecule has 4 nitrogen and oxygen atoms in total. The molecular formula is C8H9ClN2O2. The molecule has 1 aromatic heterocycles. The Labute approximate surface area is 80.3 Å². The highest BCUT2D eigenvalue weighted by Crippen LogP contribution is 2.21. The van der Waals surface area contributed by atoms with E-state index in [1.54, 1.807) is 6.07 Å². The smallest absolute Gasteiger partial charge is 0.305 e. The third-order valence-corrected chi connectivity index (χ3v) is 1.91. The van der Waals surface area contributed by atoms with Gasteiger partial charge in [0.15, 0.2) is 0 Å². The van der Waals surface area contributed by atoms with Crippen molar-refractivity contribution < 1.29 is 9.90 Å². The third kappa shape index (κ3) is 2.68. The molecule has 0 radical (unpaired) electrons. The number of carboxylic acid groups (broad SMARTS) is 1. The first kappa shape index (κ1) is 9.95. The molecule has 0 aliphatic heterocycles. The van der Waals surface area contributed by atoms with Crippen LogP contribution in [-0.2, 0) is 4.79 Å². The molecule has 0 fully saturated rings. The predicted molar refractivity (Wildman–Crippen MR) is 48.4 cm³/mol. The van der Waals surface area contributed by atoms with Crippen molar-refractivity contribution >= 4 is 17.6 Å². The number of rotatable bonds is 3. The lowest BCUT2D eigenvalue weighted by Crippen LogP contribution is -2.15. The van der Waals surface area contributed by atoms with Gasteiger partial charge in [0.05, 0.1) is 11.4 Å². The van der Waals surface area contributed by atoms with Crippen LogP contribution in [0, 0.1) is 0 Å². The van der Waals surface area contributed by atoms with Gasteiger partial charge < -0.3 is 10.8 Å². The lowest BCUT2D eigenvalue weighted by molar-refractivity contribution is -0.137. The first-order valence-electron chi connectivity index (χ1n) is 3.68. The highest BCUT2D eigenvalue weighted by atomic mass is 35.5. The van der Waals surface area contributed by atoms with Crippen molar-refractivity contribution in [2.75, 3.05) is 0 Å². The van der Waals surface area contributed by atoms with E-state index in [2.05, 4.69) is 4.98 Å². The van der Waals surface area contributed by atoms with E-state index >= 15 is 0 Å². The Kier molecular flexibility index (Phi) is 3.22. The minimum atomic E-state index is -0.944. The van der Waals surface area contributed by atoms with Crippen molar-refractivity contribution in [1.82, 2.24) is 4.98 Å². The van der Waals surface area contributed by atoms with Gasteiger partial charge in [-0.05, 0) is 11.6 Å². The molecule has 1 heterocycles. The Hall–Kier alpha value is -1.13. The Morgan fingerprint density at radius 1 is 1.77 bits per heavy atom. The van der Waals surface area contributed by atoms with Crippen molar-refractivity contribution in [1.29, 1.82) is 0 Å². The molecule has 0 amide bonds. The largest absolute Gasteiger partial charge is 0.481 e. The molecule has 0 aliphatic rings. The molecule has 1 atom stereocenters. The number of hydrogen-bond acceptors (Lipinski definition) is 3. The van der Waals surface area contributed by atoms with Gasteiger partial charge in [-0.1, -0.05) is 11.6 Å². The minimum absolute atomic E-state index is 0.135. The maximum absolute atomic E-state index is 10.4.